The summed E-state index contributed by atoms with van der Waals surface area (Å²) in [4.78, 5) is 27.2. The molecule has 0 aromatic carbocycles. The van der Waals surface area contributed by atoms with E-state index in [2.05, 4.69) is 10.2 Å². The average molecular weight is 655 g/mol. The number of likely N-dealkylation sites (tertiary alicyclic amines) is 1. The molecule has 10 aliphatic carbocycles. The van der Waals surface area contributed by atoms with E-state index in [0.717, 1.165) is 91.5 Å². The molecule has 12 fully saturated rings. The van der Waals surface area contributed by atoms with E-state index in [1.807, 2.05) is 0 Å². The van der Waals surface area contributed by atoms with Crippen LogP contribution in [0, 0.1) is 70.0 Å². The van der Waals surface area contributed by atoms with Crippen molar-refractivity contribution in [3.63, 3.8) is 0 Å². The van der Waals surface area contributed by atoms with Crippen molar-refractivity contribution >= 4 is 22.8 Å². The van der Waals surface area contributed by atoms with Gasteiger partial charge in [-0.05, 0) is 187 Å². The van der Waals surface area contributed by atoms with Crippen LogP contribution in [-0.4, -0.2) is 42.2 Å². The predicted octanol–water partition coefficient (Wildman–Crippen LogP) is 9.63. The number of hydrogen-bond acceptors (Lipinski definition) is 3. The average Bonchev–Trinajstić information content (AvgIpc) is 3.04. The Labute approximate surface area is 286 Å². The van der Waals surface area contributed by atoms with Crippen molar-refractivity contribution in [3.05, 3.63) is 0 Å². The van der Waals surface area contributed by atoms with Gasteiger partial charge in [0.15, 0.2) is 0 Å². The van der Waals surface area contributed by atoms with Gasteiger partial charge in [-0.25, -0.2) is 0 Å². The Kier molecular flexibility index (Phi) is 10.3. The maximum Gasteiger partial charge on any atom is 0.228 e. The predicted molar refractivity (Wildman–Crippen MR) is 188 cm³/mol. The third-order valence-corrected chi connectivity index (χ3v) is 16.1. The van der Waals surface area contributed by atoms with Crippen LogP contribution in [0.5, 0.6) is 0 Å². The Morgan fingerprint density at radius 3 is 1.48 bits per heavy atom. The molecule has 0 aromatic heterocycles. The van der Waals surface area contributed by atoms with Crippen molar-refractivity contribution in [2.45, 2.75) is 149 Å². The second-order valence-electron chi connectivity index (χ2n) is 18.8. The fourth-order valence-corrected chi connectivity index (χ4v) is 14.6. The molecule has 0 aromatic rings. The molecule has 10 saturated carbocycles. The maximum atomic E-state index is 13.5. The molecule has 12 aliphatic rings. The molecule has 5 heteroatoms. The highest BCUT2D eigenvalue weighted by molar-refractivity contribution is 6.64. The zero-order valence-corrected chi connectivity index (χ0v) is 29.1. The van der Waals surface area contributed by atoms with E-state index in [1.54, 1.807) is 0 Å². The first-order valence-electron chi connectivity index (χ1n) is 20.1. The molecule has 1 N–H and O–H groups in total. The second kappa shape index (κ2) is 14.0. The third kappa shape index (κ3) is 6.76. The van der Waals surface area contributed by atoms with Gasteiger partial charge in [-0.1, -0.05) is 46.0 Å². The van der Waals surface area contributed by atoms with Crippen LogP contribution in [0.1, 0.15) is 149 Å². The quantitative estimate of drug-likeness (QED) is 0.302. The zero-order chi connectivity index (χ0) is 30.6. The maximum absolute atomic E-state index is 13.5. The summed E-state index contributed by atoms with van der Waals surface area (Å²) in [7, 11) is 0. The van der Waals surface area contributed by atoms with Gasteiger partial charge in [-0.15, -0.1) is 0 Å². The lowest BCUT2D eigenvalue weighted by Gasteiger charge is -2.57. The van der Waals surface area contributed by atoms with Gasteiger partial charge in [0.05, 0.1) is 5.41 Å². The topological polar surface area (TPSA) is 49.4 Å². The number of nitrogens with one attached hydrogen (secondary N) is 1. The van der Waals surface area contributed by atoms with E-state index in [0.29, 0.717) is 5.91 Å². The summed E-state index contributed by atoms with van der Waals surface area (Å²) in [6.45, 7) is 4.76. The SMILES string of the molecule is C.C1CCC2CNCCC2C1.O=C(Cl)C12CC3CC(CC(C3)C1)C2.O=C(N1CCC2CCCCC2C1)C12CC3CC(CC(C3)C1)C2. The van der Waals surface area contributed by atoms with E-state index >= 15 is 0 Å². The normalized spacial score (nSPS) is 47.6. The van der Waals surface area contributed by atoms with E-state index in [9.17, 15) is 9.59 Å². The lowest BCUT2D eigenvalue weighted by Crippen LogP contribution is -2.57. The van der Waals surface area contributed by atoms with Gasteiger partial charge < -0.3 is 10.2 Å². The third-order valence-electron chi connectivity index (χ3n) is 15.7. The number of carbonyl (C=O) groups is 2. The molecule has 4 unspecified atom stereocenters. The fraction of sp³-hybridized carbons (Fsp3) is 0.951. The number of hydrogen-bond donors (Lipinski definition) is 1. The molecule has 46 heavy (non-hydrogen) atoms. The highest BCUT2D eigenvalue weighted by Gasteiger charge is 2.56. The van der Waals surface area contributed by atoms with Gasteiger partial charge in [-0.3, -0.25) is 9.59 Å². The molecule has 2 aliphatic heterocycles. The number of halogens is 1. The molecule has 2 saturated heterocycles. The number of rotatable bonds is 2. The molecule has 1 amide bonds. The first kappa shape index (κ1) is 33.9. The van der Waals surface area contributed by atoms with Crippen LogP contribution in [0.25, 0.3) is 0 Å². The van der Waals surface area contributed by atoms with Gasteiger partial charge >= 0.3 is 0 Å². The fourth-order valence-electron chi connectivity index (χ4n) is 14.4. The van der Waals surface area contributed by atoms with Crippen LogP contribution in [-0.2, 0) is 9.59 Å². The number of piperidine rings is 2. The molecule has 12 rings (SSSR count). The summed E-state index contributed by atoms with van der Waals surface area (Å²) in [5, 5.41) is 3.45. The Balaban J connectivity index is 0.000000120. The Hall–Kier alpha value is -0.610. The Morgan fingerprint density at radius 2 is 1.00 bits per heavy atom. The van der Waals surface area contributed by atoms with Crippen molar-refractivity contribution in [3.8, 4) is 0 Å². The van der Waals surface area contributed by atoms with Gasteiger partial charge in [0.1, 0.15) is 0 Å². The smallest absolute Gasteiger partial charge is 0.228 e. The minimum atomic E-state index is -0.0731. The highest BCUT2D eigenvalue weighted by Crippen LogP contribution is 2.62. The van der Waals surface area contributed by atoms with E-state index in [4.69, 9.17) is 11.6 Å². The first-order chi connectivity index (χ1) is 21.9. The largest absolute Gasteiger partial charge is 0.342 e. The minimum absolute atomic E-state index is 0. The van der Waals surface area contributed by atoms with Crippen molar-refractivity contribution in [1.82, 2.24) is 10.2 Å². The minimum Gasteiger partial charge on any atom is -0.342 e. The lowest BCUT2D eigenvalue weighted by atomic mass is 9.49. The lowest BCUT2D eigenvalue weighted by molar-refractivity contribution is -0.160. The van der Waals surface area contributed by atoms with E-state index in [-0.39, 0.29) is 23.5 Å². The van der Waals surface area contributed by atoms with Crippen molar-refractivity contribution < 1.29 is 9.59 Å². The zero-order valence-electron chi connectivity index (χ0n) is 28.3. The van der Waals surface area contributed by atoms with E-state index < -0.39 is 0 Å². The molecular weight excluding hydrogens is 588 g/mol. The van der Waals surface area contributed by atoms with Crippen LogP contribution in [0.15, 0.2) is 0 Å². The van der Waals surface area contributed by atoms with Crippen LogP contribution in [0.4, 0.5) is 0 Å². The molecule has 0 spiro atoms. The summed E-state index contributed by atoms with van der Waals surface area (Å²) in [5.74, 6) is 9.66. The van der Waals surface area contributed by atoms with Gasteiger partial charge in [-0.2, -0.15) is 0 Å². The summed E-state index contributed by atoms with van der Waals surface area (Å²) in [6.07, 6.45) is 29.9. The Morgan fingerprint density at radius 1 is 0.565 bits per heavy atom. The summed E-state index contributed by atoms with van der Waals surface area (Å²) < 4.78 is 0. The highest BCUT2D eigenvalue weighted by atomic mass is 35.5. The molecule has 4 nitrogen and oxygen atoms in total. The van der Waals surface area contributed by atoms with Gasteiger partial charge in [0.25, 0.3) is 0 Å². The Bertz CT molecular complexity index is 992. The standard InChI is InChI=1S/C20H31NO.C11H15ClO.C9H17N.CH4/c22-19(21-6-5-17-3-1-2-4-18(17)13-21)20-10-14-7-15(11-20)9-16(8-14)12-20;12-10(13)11-4-7-1-8(5-11)3-9(2-7)6-11;1-2-4-9-7-10-6-5-8(9)3-1;/h14-18H,1-13H2;7-9H,1-6H2;8-10H,1-7H2;1H4. The first-order valence-corrected chi connectivity index (χ1v) is 20.4. The number of carbonyl (C=O) groups excluding carboxylic acids is 2. The van der Waals surface area contributed by atoms with E-state index in [1.165, 1.54) is 135 Å². The van der Waals surface area contributed by atoms with Crippen LogP contribution >= 0.6 is 11.6 Å². The van der Waals surface area contributed by atoms with Crippen molar-refractivity contribution in [1.29, 1.82) is 0 Å². The summed E-state index contributed by atoms with van der Waals surface area (Å²) in [5.41, 5.74) is 0.0204. The molecule has 260 valence electrons. The van der Waals surface area contributed by atoms with Crippen LogP contribution < -0.4 is 5.32 Å². The van der Waals surface area contributed by atoms with Crippen LogP contribution in [0.3, 0.4) is 0 Å². The molecule has 4 atom stereocenters. The van der Waals surface area contributed by atoms with Crippen LogP contribution in [0.2, 0.25) is 0 Å². The molecule has 8 bridgehead atoms. The summed E-state index contributed by atoms with van der Waals surface area (Å²) >= 11 is 5.76. The molecule has 2 heterocycles. The van der Waals surface area contributed by atoms with Crippen molar-refractivity contribution in [2.24, 2.45) is 70.0 Å². The van der Waals surface area contributed by atoms with Gasteiger partial charge in [0, 0.05) is 18.5 Å². The number of nitrogens with zero attached hydrogens (tertiary/aromatic N) is 1. The van der Waals surface area contributed by atoms with Crippen molar-refractivity contribution in [2.75, 3.05) is 26.2 Å². The summed E-state index contributed by atoms with van der Waals surface area (Å²) in [6, 6.07) is 0. The molecule has 0 radical (unpaired) electrons. The molecular formula is C41H67ClN2O2. The number of amides is 1. The number of fused-ring (bicyclic) bond motifs is 2. The monoisotopic (exact) mass is 654 g/mol. The second-order valence-corrected chi connectivity index (χ2v) is 19.2. The van der Waals surface area contributed by atoms with Gasteiger partial charge in [0.2, 0.25) is 11.1 Å².